The van der Waals surface area contributed by atoms with Crippen LogP contribution in [0.2, 0.25) is 0 Å². The lowest BCUT2D eigenvalue weighted by Crippen LogP contribution is -2.21. The standard InChI is InChI=1S/C20H17FO3S.C18H22O2.C11H12N2S/c1-12-17(9-13-3-6-15(7-4-13)25(2)24)16-8-5-14(21)10-19(16)18(12)11-20(22)23;1-3-17(13-5-9-15(19)10-6-13)18(4-2)14-7-11-16(20)12-8-14;1-2-4-9(5-3-1)10-8-13-6-7-14-11(13)12-10/h3-10H,11H2,1-2H3,(H,22,23);5-12,17-20H,3-4H2,1-2H3;1-5,10H,6-8H2/b17-9-;;/t;17-,18+;10-/m..0/s1. The van der Waals surface area contributed by atoms with Crippen molar-refractivity contribution in [3.8, 4) is 11.5 Å². The number of halogens is 1. The van der Waals surface area contributed by atoms with Gasteiger partial charge in [-0.25, -0.2) is 4.39 Å². The number of carboxylic acids is 1. The van der Waals surface area contributed by atoms with Gasteiger partial charge in [-0.1, -0.05) is 86.3 Å². The van der Waals surface area contributed by atoms with Gasteiger partial charge >= 0.3 is 5.97 Å². The van der Waals surface area contributed by atoms with Gasteiger partial charge in [0, 0.05) is 18.8 Å². The molecule has 8 rings (SSSR count). The summed E-state index contributed by atoms with van der Waals surface area (Å²) >= 11 is 0.851. The molecule has 0 spiro atoms. The Morgan fingerprint density at radius 2 is 1.47 bits per heavy atom. The van der Waals surface area contributed by atoms with Gasteiger partial charge in [0.15, 0.2) is 10.1 Å². The van der Waals surface area contributed by atoms with Gasteiger partial charge in [0.2, 0.25) is 0 Å². The lowest BCUT2D eigenvalue weighted by Gasteiger charge is -2.26. The molecule has 2 heterocycles. The number of benzene rings is 5. The van der Waals surface area contributed by atoms with Crippen LogP contribution in [0.15, 0.2) is 137 Å². The number of fused-ring (bicyclic) bond motifs is 2. The predicted molar refractivity (Wildman–Crippen MR) is 241 cm³/mol. The van der Waals surface area contributed by atoms with Gasteiger partial charge in [0.05, 0.1) is 12.5 Å². The summed E-state index contributed by atoms with van der Waals surface area (Å²) in [5.74, 6) is 1.34. The molecule has 0 amide bonds. The molecule has 0 saturated carbocycles. The van der Waals surface area contributed by atoms with Crippen LogP contribution < -0.4 is 0 Å². The number of carboxylic acid groups (broad SMARTS) is 1. The number of allylic oxidation sites excluding steroid dienone is 2. The number of thioether (sulfide) groups is 1. The van der Waals surface area contributed by atoms with E-state index in [0.29, 0.717) is 40.5 Å². The smallest absolute Gasteiger partial charge is 0.307 e. The third-order valence-corrected chi connectivity index (χ3v) is 13.0. The monoisotopic (exact) mass is 830 g/mol. The molecule has 1 saturated heterocycles. The van der Waals surface area contributed by atoms with Crippen molar-refractivity contribution in [3.63, 3.8) is 0 Å². The molecule has 5 aromatic rings. The van der Waals surface area contributed by atoms with Crippen molar-refractivity contribution < 1.29 is 29.1 Å². The van der Waals surface area contributed by atoms with Gasteiger partial charge in [0.1, 0.15) is 23.6 Å². The van der Waals surface area contributed by atoms with Crippen LogP contribution in [0.1, 0.15) is 91.3 Å². The number of phenolic OH excluding ortho intramolecular Hbond substituents is 2. The van der Waals surface area contributed by atoms with E-state index in [1.165, 1.54) is 46.3 Å². The topological polar surface area (TPSA) is 116 Å². The summed E-state index contributed by atoms with van der Waals surface area (Å²) in [6.07, 6.45) is 5.52. The predicted octanol–water partition coefficient (Wildman–Crippen LogP) is 11.3. The van der Waals surface area contributed by atoms with Crippen molar-refractivity contribution in [1.82, 2.24) is 4.90 Å². The summed E-state index contributed by atoms with van der Waals surface area (Å²) in [7, 11) is 0. The number of carbonyl (C=O) groups is 1. The van der Waals surface area contributed by atoms with Crippen LogP contribution in [0, 0.1) is 5.82 Å². The Kier molecular flexibility index (Phi) is 14.8. The Morgan fingerprint density at radius 1 is 0.881 bits per heavy atom. The SMILES string of the molecule is CC1=C(CC(=O)O)c2cc(F)ccc2/C1=C\c1ccc([S+](C)[O-])cc1.CC[C@H](c1ccc(O)cc1)[C@@H](CC)c1ccc(O)cc1.c1ccc([C@@H]2CN3CCSC3=N2)cc1. The Labute approximate surface area is 354 Å². The largest absolute Gasteiger partial charge is 0.612 e. The molecule has 1 aliphatic carbocycles. The van der Waals surface area contributed by atoms with Crippen LogP contribution in [0.4, 0.5) is 4.39 Å². The average molecular weight is 831 g/mol. The highest BCUT2D eigenvalue weighted by atomic mass is 32.2. The van der Waals surface area contributed by atoms with Crippen LogP contribution in [-0.2, 0) is 16.0 Å². The fourth-order valence-corrected chi connectivity index (χ4v) is 9.53. The third kappa shape index (κ3) is 10.9. The highest BCUT2D eigenvalue weighted by Crippen LogP contribution is 2.44. The number of hydrogen-bond acceptors (Lipinski definition) is 7. The Hall–Kier alpha value is -5.29. The Morgan fingerprint density at radius 3 is 2.00 bits per heavy atom. The van der Waals surface area contributed by atoms with Gasteiger partial charge in [-0.3, -0.25) is 9.79 Å². The number of rotatable bonds is 10. The second-order valence-electron chi connectivity index (χ2n) is 14.8. The fourth-order valence-electron chi connectivity index (χ4n) is 7.96. The first kappa shape index (κ1) is 43.3. The number of aliphatic carboxylic acids is 1. The molecule has 0 radical (unpaired) electrons. The molecule has 4 atom stereocenters. The summed E-state index contributed by atoms with van der Waals surface area (Å²) in [4.78, 5) is 19.0. The Balaban J connectivity index is 0.000000154. The van der Waals surface area contributed by atoms with Gasteiger partial charge in [0.25, 0.3) is 0 Å². The van der Waals surface area contributed by atoms with E-state index in [0.717, 1.165) is 46.6 Å². The van der Waals surface area contributed by atoms with Crippen LogP contribution in [-0.4, -0.2) is 61.0 Å². The maximum Gasteiger partial charge on any atom is 0.307 e. The van der Waals surface area contributed by atoms with E-state index in [2.05, 4.69) is 49.1 Å². The molecule has 1 unspecified atom stereocenters. The number of aliphatic imine (C=N–C) groups is 1. The molecule has 59 heavy (non-hydrogen) atoms. The van der Waals surface area contributed by atoms with Crippen molar-refractivity contribution in [1.29, 1.82) is 0 Å². The van der Waals surface area contributed by atoms with E-state index in [9.17, 15) is 24.0 Å². The molecule has 10 heteroatoms. The number of amidine groups is 1. The van der Waals surface area contributed by atoms with E-state index in [1.54, 1.807) is 48.7 Å². The minimum absolute atomic E-state index is 0.145. The van der Waals surface area contributed by atoms with Crippen LogP contribution >= 0.6 is 11.8 Å². The van der Waals surface area contributed by atoms with E-state index >= 15 is 0 Å². The highest BCUT2D eigenvalue weighted by molar-refractivity contribution is 8.14. The zero-order valence-electron chi connectivity index (χ0n) is 33.8. The molecular formula is C49H51FN2O5S2. The number of hydrogen-bond donors (Lipinski definition) is 3. The molecule has 306 valence electrons. The molecule has 2 aliphatic heterocycles. The first-order valence-electron chi connectivity index (χ1n) is 19.9. The quantitative estimate of drug-likeness (QED) is 0.120. The maximum atomic E-state index is 13.7. The summed E-state index contributed by atoms with van der Waals surface area (Å²) < 4.78 is 25.1. The highest BCUT2D eigenvalue weighted by Gasteiger charge is 2.30. The minimum atomic E-state index is -1.04. The molecule has 1 fully saturated rings. The number of phenols is 2. The maximum absolute atomic E-state index is 13.7. The van der Waals surface area contributed by atoms with Crippen LogP contribution in [0.25, 0.3) is 17.2 Å². The summed E-state index contributed by atoms with van der Waals surface area (Å²) in [6.45, 7) is 8.50. The van der Waals surface area contributed by atoms with Crippen LogP contribution in [0.5, 0.6) is 11.5 Å². The molecule has 3 N–H and O–H groups in total. The average Bonchev–Trinajstić information content (AvgIpc) is 3.92. The van der Waals surface area contributed by atoms with E-state index in [-0.39, 0.29) is 12.2 Å². The van der Waals surface area contributed by atoms with E-state index < -0.39 is 17.1 Å². The lowest BCUT2D eigenvalue weighted by atomic mass is 9.78. The van der Waals surface area contributed by atoms with Gasteiger partial charge < -0.3 is 24.8 Å². The first-order chi connectivity index (χ1) is 28.4. The van der Waals surface area contributed by atoms with Gasteiger partial charge in [-0.2, -0.15) is 0 Å². The Bertz CT molecular complexity index is 2240. The molecule has 7 nitrogen and oxygen atoms in total. The van der Waals surface area contributed by atoms with Gasteiger partial charge in [-0.05, 0) is 160 Å². The molecule has 3 aliphatic rings. The molecule has 0 bridgehead atoms. The van der Waals surface area contributed by atoms with Crippen molar-refractivity contribution in [3.05, 3.63) is 166 Å². The van der Waals surface area contributed by atoms with Crippen molar-refractivity contribution in [2.24, 2.45) is 4.99 Å². The summed E-state index contributed by atoms with van der Waals surface area (Å²) in [5, 5.41) is 29.3. The lowest BCUT2D eigenvalue weighted by molar-refractivity contribution is -0.135. The van der Waals surface area contributed by atoms with Crippen molar-refractivity contribution in [2.45, 2.75) is 62.8 Å². The van der Waals surface area contributed by atoms with Crippen molar-refractivity contribution in [2.75, 3.05) is 25.1 Å². The molecular weight excluding hydrogens is 780 g/mol. The minimum Gasteiger partial charge on any atom is -0.612 e. The molecule has 5 aromatic carbocycles. The first-order valence-corrected chi connectivity index (χ1v) is 22.5. The van der Waals surface area contributed by atoms with Gasteiger partial charge in [-0.15, -0.1) is 0 Å². The third-order valence-electron chi connectivity index (χ3n) is 11.0. The van der Waals surface area contributed by atoms with Crippen molar-refractivity contribution >= 4 is 51.3 Å². The summed E-state index contributed by atoms with van der Waals surface area (Å²) in [6, 6.07) is 37.8. The second kappa shape index (κ2) is 20.1. The molecule has 0 aromatic heterocycles. The normalized spacial score (nSPS) is 17.5. The van der Waals surface area contributed by atoms with E-state index in [1.807, 2.05) is 61.2 Å². The number of nitrogens with zero attached hydrogens (tertiary/aromatic N) is 2. The van der Waals surface area contributed by atoms with Crippen LogP contribution in [0.3, 0.4) is 0 Å². The fraction of sp³-hybridized carbons (Fsp3) is 0.265. The zero-order valence-corrected chi connectivity index (χ0v) is 35.5. The summed E-state index contributed by atoms with van der Waals surface area (Å²) in [5.41, 5.74) is 8.60. The number of aromatic hydroxyl groups is 2. The second-order valence-corrected chi connectivity index (χ2v) is 17.2. The zero-order chi connectivity index (χ0) is 42.1. The van der Waals surface area contributed by atoms with E-state index in [4.69, 9.17) is 10.1 Å².